The minimum atomic E-state index is -0.446. The van der Waals surface area contributed by atoms with Crippen molar-refractivity contribution in [2.45, 2.75) is 39.2 Å². The summed E-state index contributed by atoms with van der Waals surface area (Å²) < 4.78 is 18.2. The molecule has 1 aliphatic carbocycles. The number of rotatable bonds is 1. The van der Waals surface area contributed by atoms with Gasteiger partial charge in [0.2, 0.25) is 0 Å². The van der Waals surface area contributed by atoms with Gasteiger partial charge >= 0.3 is 6.09 Å². The molecular weight excluding hydrogens is 283 g/mol. The Morgan fingerprint density at radius 1 is 1.36 bits per heavy atom. The van der Waals surface area contributed by atoms with Crippen LogP contribution in [0.3, 0.4) is 0 Å². The van der Waals surface area contributed by atoms with Gasteiger partial charge < -0.3 is 9.64 Å². The number of carbonyl (C=O) groups is 1. The number of allylic oxidation sites excluding steroid dienone is 1. The van der Waals surface area contributed by atoms with Crippen LogP contribution in [0.2, 0.25) is 0 Å². The third kappa shape index (κ3) is 3.13. The number of hydrogen-bond acceptors (Lipinski definition) is 3. The second-order valence-corrected chi connectivity index (χ2v) is 7.39. The summed E-state index contributed by atoms with van der Waals surface area (Å²) in [6, 6.07) is 3.10. The van der Waals surface area contributed by atoms with E-state index in [2.05, 4.69) is 4.98 Å². The SMILES string of the molecule is CC(C)(C)OC(=O)N1CC2(CC(=Cc3ccc(F)cn3)C2)C1. The van der Waals surface area contributed by atoms with Crippen LogP contribution in [-0.4, -0.2) is 34.7 Å². The monoisotopic (exact) mass is 304 g/mol. The van der Waals surface area contributed by atoms with Crippen molar-refractivity contribution in [3.8, 4) is 0 Å². The molecule has 1 saturated heterocycles. The molecular formula is C17H21FN2O2. The van der Waals surface area contributed by atoms with Gasteiger partial charge in [0.05, 0.1) is 11.9 Å². The number of hydrogen-bond donors (Lipinski definition) is 0. The molecule has 0 atom stereocenters. The van der Waals surface area contributed by atoms with E-state index in [1.165, 1.54) is 17.8 Å². The van der Waals surface area contributed by atoms with Crippen molar-refractivity contribution in [3.05, 3.63) is 35.4 Å². The van der Waals surface area contributed by atoms with Crippen molar-refractivity contribution >= 4 is 12.2 Å². The van der Waals surface area contributed by atoms with E-state index in [4.69, 9.17) is 4.74 Å². The number of halogens is 1. The van der Waals surface area contributed by atoms with Crippen molar-refractivity contribution in [3.63, 3.8) is 0 Å². The molecule has 4 nitrogen and oxygen atoms in total. The standard InChI is InChI=1S/C17H21FN2O2/c1-16(2,3)22-15(21)20-10-17(11-20)7-12(8-17)6-14-5-4-13(18)9-19-14/h4-6,9H,7-8,10-11H2,1-3H3. The number of carbonyl (C=O) groups excluding carboxylic acids is 1. The molecule has 1 aliphatic heterocycles. The van der Waals surface area contributed by atoms with E-state index < -0.39 is 5.60 Å². The van der Waals surface area contributed by atoms with Crippen molar-refractivity contribution in [1.82, 2.24) is 9.88 Å². The zero-order valence-corrected chi connectivity index (χ0v) is 13.2. The molecule has 1 spiro atoms. The van der Waals surface area contributed by atoms with Crippen LogP contribution in [-0.2, 0) is 4.74 Å². The highest BCUT2D eigenvalue weighted by Crippen LogP contribution is 2.52. The van der Waals surface area contributed by atoms with Gasteiger partial charge in [-0.2, -0.15) is 0 Å². The van der Waals surface area contributed by atoms with Crippen LogP contribution in [0, 0.1) is 11.2 Å². The molecule has 0 bridgehead atoms. The molecule has 1 amide bonds. The van der Waals surface area contributed by atoms with Crippen LogP contribution in [0.4, 0.5) is 9.18 Å². The van der Waals surface area contributed by atoms with Crippen molar-refractivity contribution in [2.24, 2.45) is 5.41 Å². The van der Waals surface area contributed by atoms with Crippen molar-refractivity contribution in [1.29, 1.82) is 0 Å². The number of likely N-dealkylation sites (tertiary alicyclic amines) is 1. The van der Waals surface area contributed by atoms with Crippen molar-refractivity contribution in [2.75, 3.05) is 13.1 Å². The quantitative estimate of drug-likeness (QED) is 0.795. The van der Waals surface area contributed by atoms with Crippen LogP contribution in [0.25, 0.3) is 6.08 Å². The van der Waals surface area contributed by atoms with Gasteiger partial charge in [0.25, 0.3) is 0 Å². The summed E-state index contributed by atoms with van der Waals surface area (Å²) in [6.07, 6.45) is 4.97. The molecule has 3 rings (SSSR count). The van der Waals surface area contributed by atoms with Gasteiger partial charge in [-0.3, -0.25) is 4.98 Å². The number of ether oxygens (including phenoxy) is 1. The van der Waals surface area contributed by atoms with E-state index >= 15 is 0 Å². The molecule has 1 aromatic rings. The third-order valence-electron chi connectivity index (χ3n) is 4.01. The number of aromatic nitrogens is 1. The summed E-state index contributed by atoms with van der Waals surface area (Å²) in [7, 11) is 0. The minimum absolute atomic E-state index is 0.225. The molecule has 2 fully saturated rings. The van der Waals surface area contributed by atoms with Gasteiger partial charge in [0.15, 0.2) is 0 Å². The Kier molecular flexibility index (Phi) is 3.46. The van der Waals surface area contributed by atoms with Gasteiger partial charge in [0, 0.05) is 18.5 Å². The lowest BCUT2D eigenvalue weighted by Crippen LogP contribution is -2.62. The largest absolute Gasteiger partial charge is 0.444 e. The normalized spacial score (nSPS) is 19.5. The maximum atomic E-state index is 12.8. The fourth-order valence-corrected chi connectivity index (χ4v) is 3.14. The van der Waals surface area contributed by atoms with Gasteiger partial charge in [-0.15, -0.1) is 0 Å². The summed E-state index contributed by atoms with van der Waals surface area (Å²) in [5.41, 5.74) is 1.87. The molecule has 2 aliphatic rings. The minimum Gasteiger partial charge on any atom is -0.444 e. The zero-order valence-electron chi connectivity index (χ0n) is 13.2. The Labute approximate surface area is 130 Å². The van der Waals surface area contributed by atoms with E-state index in [9.17, 15) is 9.18 Å². The van der Waals surface area contributed by atoms with Gasteiger partial charge in [-0.1, -0.05) is 5.57 Å². The predicted octanol–water partition coefficient (Wildman–Crippen LogP) is 3.64. The highest BCUT2D eigenvalue weighted by molar-refractivity contribution is 5.70. The van der Waals surface area contributed by atoms with Crippen molar-refractivity contribution < 1.29 is 13.9 Å². The summed E-state index contributed by atoms with van der Waals surface area (Å²) in [5, 5.41) is 0. The van der Waals surface area contributed by atoms with Gasteiger partial charge in [-0.25, -0.2) is 9.18 Å². The maximum Gasteiger partial charge on any atom is 0.410 e. The van der Waals surface area contributed by atoms with Crippen LogP contribution >= 0.6 is 0 Å². The van der Waals surface area contributed by atoms with Gasteiger partial charge in [-0.05, 0) is 51.8 Å². The Bertz CT molecular complexity index is 601. The first-order valence-electron chi connectivity index (χ1n) is 7.54. The molecule has 5 heteroatoms. The van der Waals surface area contributed by atoms with E-state index in [-0.39, 0.29) is 17.3 Å². The number of nitrogens with zero attached hydrogens (tertiary/aromatic N) is 2. The Morgan fingerprint density at radius 2 is 2.05 bits per heavy atom. The van der Waals surface area contributed by atoms with Crippen LogP contribution in [0.1, 0.15) is 39.3 Å². The topological polar surface area (TPSA) is 42.4 Å². The molecule has 118 valence electrons. The highest BCUT2D eigenvalue weighted by atomic mass is 19.1. The molecule has 0 radical (unpaired) electrons. The molecule has 0 unspecified atom stereocenters. The second kappa shape index (κ2) is 5.07. The maximum absolute atomic E-state index is 12.8. The molecule has 0 N–H and O–H groups in total. The summed E-state index contributed by atoms with van der Waals surface area (Å²) in [6.45, 7) is 7.15. The first-order valence-corrected chi connectivity index (χ1v) is 7.54. The fraction of sp³-hybridized carbons (Fsp3) is 0.529. The number of amides is 1. The molecule has 0 aromatic carbocycles. The highest BCUT2D eigenvalue weighted by Gasteiger charge is 2.52. The first-order chi connectivity index (χ1) is 10.2. The Hall–Kier alpha value is -1.91. The summed E-state index contributed by atoms with van der Waals surface area (Å²) in [5.74, 6) is -0.320. The summed E-state index contributed by atoms with van der Waals surface area (Å²) >= 11 is 0. The van der Waals surface area contributed by atoms with Crippen LogP contribution in [0.5, 0.6) is 0 Å². The third-order valence-corrected chi connectivity index (χ3v) is 4.01. The van der Waals surface area contributed by atoms with Crippen LogP contribution < -0.4 is 0 Å². The first kappa shape index (κ1) is 15.0. The van der Waals surface area contributed by atoms with Crippen LogP contribution in [0.15, 0.2) is 23.9 Å². The fourth-order valence-electron chi connectivity index (χ4n) is 3.14. The molecule has 22 heavy (non-hydrogen) atoms. The number of pyridine rings is 1. The smallest absolute Gasteiger partial charge is 0.410 e. The van der Waals surface area contributed by atoms with E-state index in [1.54, 1.807) is 11.0 Å². The average molecular weight is 304 g/mol. The molecule has 1 aromatic heterocycles. The molecule has 1 saturated carbocycles. The lowest BCUT2D eigenvalue weighted by atomic mass is 9.60. The zero-order chi connectivity index (χ0) is 16.0. The average Bonchev–Trinajstić information content (AvgIpc) is 2.30. The molecule has 2 heterocycles. The van der Waals surface area contributed by atoms with E-state index in [1.807, 2.05) is 26.8 Å². The lowest BCUT2D eigenvalue weighted by Gasteiger charge is -2.56. The summed E-state index contributed by atoms with van der Waals surface area (Å²) in [4.78, 5) is 17.7. The van der Waals surface area contributed by atoms with E-state index in [0.717, 1.165) is 31.6 Å². The van der Waals surface area contributed by atoms with E-state index in [0.29, 0.717) is 0 Å². The lowest BCUT2D eigenvalue weighted by molar-refractivity contribution is -0.0498. The second-order valence-electron chi connectivity index (χ2n) is 7.39. The Morgan fingerprint density at radius 3 is 2.59 bits per heavy atom. The van der Waals surface area contributed by atoms with Gasteiger partial charge in [0.1, 0.15) is 11.4 Å². The predicted molar refractivity (Wildman–Crippen MR) is 81.6 cm³/mol. The Balaban J connectivity index is 1.50.